The number of nitrogens with zero attached hydrogens (tertiary/aromatic N) is 2. The van der Waals surface area contributed by atoms with Gasteiger partial charge in [0.15, 0.2) is 5.96 Å². The van der Waals surface area contributed by atoms with Crippen molar-refractivity contribution in [3.05, 3.63) is 54.4 Å². The van der Waals surface area contributed by atoms with Crippen LogP contribution in [0.1, 0.15) is 19.4 Å². The molecule has 0 saturated carbocycles. The molecule has 146 valence electrons. The normalized spacial score (nSPS) is 10.5. The molecular weight excluding hydrogens is 457 g/mol. The molecule has 0 bridgehead atoms. The van der Waals surface area contributed by atoms with Gasteiger partial charge in [0.25, 0.3) is 0 Å². The van der Waals surface area contributed by atoms with Crippen LogP contribution in [0, 0.1) is 0 Å². The van der Waals surface area contributed by atoms with Crippen molar-refractivity contribution in [1.82, 2.24) is 15.6 Å². The molecule has 0 fully saturated rings. The third-order valence-electron chi connectivity index (χ3n) is 3.39. The number of halogens is 1. The van der Waals surface area contributed by atoms with Crippen molar-refractivity contribution >= 4 is 41.5 Å². The summed E-state index contributed by atoms with van der Waals surface area (Å²) < 4.78 is 5.61. The number of hydrogen-bond donors (Lipinski definition) is 3. The molecule has 0 aliphatic heterocycles. The Hall–Kier alpha value is -2.36. The van der Waals surface area contributed by atoms with E-state index in [9.17, 15) is 4.79 Å². The van der Waals surface area contributed by atoms with E-state index < -0.39 is 0 Å². The molecular formula is C19H26IN5O2. The van der Waals surface area contributed by atoms with Gasteiger partial charge in [0.1, 0.15) is 5.75 Å². The van der Waals surface area contributed by atoms with E-state index in [1.807, 2.05) is 38.1 Å². The summed E-state index contributed by atoms with van der Waals surface area (Å²) in [7, 11) is 0. The fourth-order valence-electron chi connectivity index (χ4n) is 2.24. The maximum absolute atomic E-state index is 12.0. The van der Waals surface area contributed by atoms with Gasteiger partial charge in [-0.3, -0.25) is 9.78 Å². The highest BCUT2D eigenvalue weighted by Crippen LogP contribution is 2.18. The molecule has 1 heterocycles. The van der Waals surface area contributed by atoms with Gasteiger partial charge in [0.2, 0.25) is 5.91 Å². The molecule has 1 aromatic heterocycles. The summed E-state index contributed by atoms with van der Waals surface area (Å²) in [6.07, 6.45) is 3.26. The Morgan fingerprint density at radius 1 is 1.15 bits per heavy atom. The smallest absolute Gasteiger partial charge is 0.243 e. The molecule has 0 aliphatic carbocycles. The first-order chi connectivity index (χ1) is 12.7. The number of nitrogens with one attached hydrogen (secondary N) is 3. The number of carbonyl (C=O) groups excluding carboxylic acids is 1. The number of aliphatic imine (C=N–C) groups is 1. The number of guanidine groups is 1. The molecule has 1 aromatic carbocycles. The number of ether oxygens (including phenoxy) is 1. The first-order valence-electron chi connectivity index (χ1n) is 8.65. The van der Waals surface area contributed by atoms with Crippen LogP contribution in [0.4, 0.5) is 5.69 Å². The Bertz CT molecular complexity index is 725. The highest BCUT2D eigenvalue weighted by molar-refractivity contribution is 14.0. The molecule has 2 aromatic rings. The molecule has 3 N–H and O–H groups in total. The maximum atomic E-state index is 12.0. The average Bonchev–Trinajstić information content (AvgIpc) is 2.66. The quantitative estimate of drug-likeness (QED) is 0.306. The molecule has 0 saturated heterocycles. The average molecular weight is 483 g/mol. The second-order valence-electron chi connectivity index (χ2n) is 5.38. The van der Waals surface area contributed by atoms with Gasteiger partial charge in [-0.15, -0.1) is 24.0 Å². The minimum Gasteiger partial charge on any atom is -0.494 e. The van der Waals surface area contributed by atoms with E-state index in [0.29, 0.717) is 31.3 Å². The summed E-state index contributed by atoms with van der Waals surface area (Å²) in [6, 6.07) is 11.3. The van der Waals surface area contributed by atoms with E-state index in [1.165, 1.54) is 0 Å². The predicted octanol–water partition coefficient (Wildman–Crippen LogP) is 2.79. The monoisotopic (exact) mass is 483 g/mol. The topological polar surface area (TPSA) is 87.6 Å². The van der Waals surface area contributed by atoms with Gasteiger partial charge in [0, 0.05) is 18.3 Å². The van der Waals surface area contributed by atoms with Crippen molar-refractivity contribution in [2.45, 2.75) is 20.4 Å². The van der Waals surface area contributed by atoms with Gasteiger partial charge in [-0.1, -0.05) is 18.2 Å². The van der Waals surface area contributed by atoms with Gasteiger partial charge in [-0.25, -0.2) is 4.99 Å². The van der Waals surface area contributed by atoms with Crippen LogP contribution in [-0.4, -0.2) is 36.5 Å². The number of pyridine rings is 1. The van der Waals surface area contributed by atoms with Gasteiger partial charge in [0.05, 0.1) is 31.6 Å². The van der Waals surface area contributed by atoms with Gasteiger partial charge < -0.3 is 20.7 Å². The first kappa shape index (κ1) is 22.7. The van der Waals surface area contributed by atoms with E-state index in [-0.39, 0.29) is 36.4 Å². The molecule has 2 rings (SSSR count). The summed E-state index contributed by atoms with van der Waals surface area (Å²) in [5.41, 5.74) is 1.65. The third kappa shape index (κ3) is 8.25. The Morgan fingerprint density at radius 3 is 2.67 bits per heavy atom. The van der Waals surface area contributed by atoms with Crippen LogP contribution in [0.3, 0.4) is 0 Å². The third-order valence-corrected chi connectivity index (χ3v) is 3.39. The molecule has 7 nitrogen and oxygen atoms in total. The number of anilines is 1. The Morgan fingerprint density at radius 2 is 1.96 bits per heavy atom. The molecule has 1 amide bonds. The first-order valence-corrected chi connectivity index (χ1v) is 8.65. The van der Waals surface area contributed by atoms with Crippen molar-refractivity contribution in [2.24, 2.45) is 4.99 Å². The summed E-state index contributed by atoms with van der Waals surface area (Å²) in [6.45, 7) is 5.79. The van der Waals surface area contributed by atoms with Crippen LogP contribution in [0.2, 0.25) is 0 Å². The van der Waals surface area contributed by atoms with Crippen LogP contribution in [0.25, 0.3) is 0 Å². The fourth-order valence-corrected chi connectivity index (χ4v) is 2.24. The number of rotatable bonds is 8. The zero-order chi connectivity index (χ0) is 18.6. The standard InChI is InChI=1S/C19H25N5O2.HI/c1-3-21-19(22-12-15-8-5-6-10-17(15)26-4-2)23-14-18(25)24-16-9-7-11-20-13-16;/h5-11,13H,3-4,12,14H2,1-2H3,(H,24,25)(H2,21,22,23);1H. The molecule has 0 radical (unpaired) electrons. The van der Waals surface area contributed by atoms with E-state index in [4.69, 9.17) is 4.74 Å². The maximum Gasteiger partial charge on any atom is 0.243 e. The number of benzene rings is 1. The number of para-hydroxylation sites is 1. The SMILES string of the molecule is CCNC(=NCc1ccccc1OCC)NCC(=O)Nc1cccnc1.I. The van der Waals surface area contributed by atoms with Gasteiger partial charge in [-0.2, -0.15) is 0 Å². The highest BCUT2D eigenvalue weighted by Gasteiger charge is 2.06. The zero-order valence-electron chi connectivity index (χ0n) is 15.6. The van der Waals surface area contributed by atoms with Crippen LogP contribution in [-0.2, 0) is 11.3 Å². The minimum absolute atomic E-state index is 0. The van der Waals surface area contributed by atoms with Crippen LogP contribution in [0.5, 0.6) is 5.75 Å². The lowest BCUT2D eigenvalue weighted by atomic mass is 10.2. The summed E-state index contributed by atoms with van der Waals surface area (Å²) in [5, 5.41) is 8.93. The van der Waals surface area contributed by atoms with Crippen molar-refractivity contribution < 1.29 is 9.53 Å². The van der Waals surface area contributed by atoms with E-state index >= 15 is 0 Å². The second kappa shape index (κ2) is 12.9. The van der Waals surface area contributed by atoms with Crippen molar-refractivity contribution in [3.8, 4) is 5.75 Å². The second-order valence-corrected chi connectivity index (χ2v) is 5.38. The van der Waals surface area contributed by atoms with Crippen LogP contribution < -0.4 is 20.7 Å². The summed E-state index contributed by atoms with van der Waals surface area (Å²) in [5.74, 6) is 1.22. The number of amides is 1. The zero-order valence-corrected chi connectivity index (χ0v) is 17.9. The van der Waals surface area contributed by atoms with Gasteiger partial charge >= 0.3 is 0 Å². The molecule has 0 spiro atoms. The fraction of sp³-hybridized carbons (Fsp3) is 0.316. The lowest BCUT2D eigenvalue weighted by molar-refractivity contribution is -0.115. The molecule has 0 aliphatic rings. The van der Waals surface area contributed by atoms with E-state index in [2.05, 4.69) is 25.9 Å². The lowest BCUT2D eigenvalue weighted by Crippen LogP contribution is -2.41. The Labute approximate surface area is 177 Å². The lowest BCUT2D eigenvalue weighted by Gasteiger charge is -2.12. The van der Waals surface area contributed by atoms with Crippen LogP contribution in [0.15, 0.2) is 53.8 Å². The molecule has 0 atom stereocenters. The summed E-state index contributed by atoms with van der Waals surface area (Å²) in [4.78, 5) is 20.5. The Balaban J connectivity index is 0.00000364. The summed E-state index contributed by atoms with van der Waals surface area (Å²) >= 11 is 0. The predicted molar refractivity (Wildman–Crippen MR) is 119 cm³/mol. The molecule has 8 heteroatoms. The van der Waals surface area contributed by atoms with E-state index in [1.54, 1.807) is 24.5 Å². The molecule has 0 unspecified atom stereocenters. The van der Waals surface area contributed by atoms with Crippen molar-refractivity contribution in [1.29, 1.82) is 0 Å². The number of hydrogen-bond acceptors (Lipinski definition) is 4. The number of carbonyl (C=O) groups is 1. The highest BCUT2D eigenvalue weighted by atomic mass is 127. The van der Waals surface area contributed by atoms with Gasteiger partial charge in [-0.05, 0) is 32.0 Å². The largest absolute Gasteiger partial charge is 0.494 e. The Kier molecular flexibility index (Phi) is 10.8. The van der Waals surface area contributed by atoms with Crippen LogP contribution >= 0.6 is 24.0 Å². The minimum atomic E-state index is -0.168. The molecule has 27 heavy (non-hydrogen) atoms. The van der Waals surface area contributed by atoms with Crippen molar-refractivity contribution in [2.75, 3.05) is 25.0 Å². The van der Waals surface area contributed by atoms with E-state index in [0.717, 1.165) is 11.3 Å². The number of aromatic nitrogens is 1. The van der Waals surface area contributed by atoms with Crippen molar-refractivity contribution in [3.63, 3.8) is 0 Å².